The minimum atomic E-state index is -1.22. The van der Waals surface area contributed by atoms with E-state index < -0.39 is 40.5 Å². The number of allylic oxidation sites excluding steroid dienone is 2. The minimum absolute atomic E-state index is 0.0968. The van der Waals surface area contributed by atoms with Crippen molar-refractivity contribution in [3.63, 3.8) is 0 Å². The highest BCUT2D eigenvalue weighted by atomic mass is 35.5. The number of nitrogens with one attached hydrogen (secondary N) is 1. The third-order valence-corrected chi connectivity index (χ3v) is 10.6. The van der Waals surface area contributed by atoms with Crippen molar-refractivity contribution < 1.29 is 19.1 Å². The molecule has 0 spiro atoms. The van der Waals surface area contributed by atoms with Gasteiger partial charge in [-0.15, -0.1) is 0 Å². The fraction of sp³-hybridized carbons (Fsp3) is 0.387. The Balaban J connectivity index is 1.25. The van der Waals surface area contributed by atoms with Crippen molar-refractivity contribution in [1.29, 1.82) is 0 Å². The second-order valence-electron chi connectivity index (χ2n) is 13.6. The Morgan fingerprint density at radius 1 is 1.29 bits per heavy atom. The molecule has 0 radical (unpaired) electrons. The van der Waals surface area contributed by atoms with Gasteiger partial charge in [0, 0.05) is 50.6 Å². The van der Waals surface area contributed by atoms with Gasteiger partial charge in [-0.25, -0.2) is 9.97 Å². The number of carbonyl (C=O) groups is 2. The smallest absolute Gasteiger partial charge is 0.262 e. The summed E-state index contributed by atoms with van der Waals surface area (Å²) in [6, 6.07) is 1.94. The molecule has 0 bridgehead atoms. The molecule has 6 rings (SSSR count). The Morgan fingerprint density at radius 2 is 2.02 bits per heavy atom. The maximum absolute atomic E-state index is 14.3. The SMILES string of the molecule is BC1(C(B)(B)N2CCN(c3cc(NC(=O)Cn4cc(C5C#CC(F)=C(O)C(C(N)=O)=C5)c5c(=O)n(C)cnc54)c(Cl)cn3)[C@@H](C)C2)CC1. The molecule has 17 heteroatoms. The van der Waals surface area contributed by atoms with Gasteiger partial charge in [0.1, 0.15) is 41.5 Å². The number of fused-ring (bicyclic) bond motifs is 1. The summed E-state index contributed by atoms with van der Waals surface area (Å²) in [5, 5.41) is 13.8. The van der Waals surface area contributed by atoms with Crippen LogP contribution in [0.1, 0.15) is 31.2 Å². The maximum atomic E-state index is 14.3. The molecule has 12 nitrogen and oxygen atoms in total. The number of nitrogens with zero attached hydrogens (tertiary/aromatic N) is 6. The van der Waals surface area contributed by atoms with Crippen LogP contribution in [0.3, 0.4) is 0 Å². The molecule has 0 aromatic carbocycles. The average Bonchev–Trinajstić information content (AvgIpc) is 3.73. The van der Waals surface area contributed by atoms with E-state index in [2.05, 4.69) is 67.4 Å². The number of aliphatic hydroxyl groups excluding tert-OH is 1. The monoisotopic (exact) mass is 670 g/mol. The first-order chi connectivity index (χ1) is 22.6. The molecule has 1 saturated heterocycles. The topological polar surface area (TPSA) is 152 Å². The Labute approximate surface area is 284 Å². The number of carbonyl (C=O) groups excluding carboxylic acids is 2. The van der Waals surface area contributed by atoms with Gasteiger partial charge in [-0.2, -0.15) is 4.39 Å². The Kier molecular flexibility index (Phi) is 8.50. The van der Waals surface area contributed by atoms with Crippen molar-refractivity contribution in [2.75, 3.05) is 29.9 Å². The van der Waals surface area contributed by atoms with Gasteiger partial charge >= 0.3 is 0 Å². The van der Waals surface area contributed by atoms with Crippen LogP contribution in [0.5, 0.6) is 0 Å². The van der Waals surface area contributed by atoms with Crippen LogP contribution in [0, 0.1) is 11.8 Å². The first-order valence-corrected chi connectivity index (χ1v) is 16.1. The van der Waals surface area contributed by atoms with Crippen LogP contribution in [0.4, 0.5) is 15.9 Å². The van der Waals surface area contributed by atoms with Gasteiger partial charge in [0.15, 0.2) is 5.76 Å². The van der Waals surface area contributed by atoms with Crippen LogP contribution >= 0.6 is 11.6 Å². The molecule has 3 aliphatic rings. The van der Waals surface area contributed by atoms with E-state index in [4.69, 9.17) is 17.3 Å². The zero-order valence-corrected chi connectivity index (χ0v) is 28.2. The molecule has 1 aliphatic heterocycles. The number of anilines is 2. The van der Waals surface area contributed by atoms with Crippen molar-refractivity contribution in [3.8, 4) is 11.8 Å². The molecule has 2 aliphatic carbocycles. The third kappa shape index (κ3) is 5.90. The van der Waals surface area contributed by atoms with E-state index >= 15 is 0 Å². The van der Waals surface area contributed by atoms with Crippen molar-refractivity contribution in [2.45, 2.75) is 48.9 Å². The summed E-state index contributed by atoms with van der Waals surface area (Å²) in [6.07, 6.45) is 8.01. The van der Waals surface area contributed by atoms with Crippen molar-refractivity contribution in [3.05, 3.63) is 69.0 Å². The highest BCUT2D eigenvalue weighted by Gasteiger charge is 2.52. The lowest BCUT2D eigenvalue weighted by Gasteiger charge is -2.51. The molecule has 2 amide bonds. The van der Waals surface area contributed by atoms with Gasteiger partial charge in [0.2, 0.25) is 11.7 Å². The normalized spacial score (nSPS) is 20.9. The highest BCUT2D eigenvalue weighted by molar-refractivity contribution is 6.46. The third-order valence-electron chi connectivity index (χ3n) is 10.3. The number of hydrogen-bond acceptors (Lipinski definition) is 8. The average molecular weight is 671 g/mol. The Bertz CT molecular complexity index is 2050. The van der Waals surface area contributed by atoms with Gasteiger partial charge < -0.3 is 35.1 Å². The van der Waals surface area contributed by atoms with E-state index in [1.165, 1.54) is 53.8 Å². The van der Waals surface area contributed by atoms with Crippen LogP contribution < -0.4 is 21.5 Å². The number of halogens is 2. The largest absolute Gasteiger partial charge is 0.504 e. The van der Waals surface area contributed by atoms with Gasteiger partial charge in [0.05, 0.1) is 40.1 Å². The van der Waals surface area contributed by atoms with Crippen molar-refractivity contribution >= 4 is 69.5 Å². The van der Waals surface area contributed by atoms with Gasteiger partial charge in [-0.1, -0.05) is 35.7 Å². The molecule has 3 aromatic heterocycles. The van der Waals surface area contributed by atoms with Crippen LogP contribution in [0.25, 0.3) is 11.0 Å². The number of piperazine rings is 1. The first kappa shape index (κ1) is 33.4. The summed E-state index contributed by atoms with van der Waals surface area (Å²) < 4.78 is 17.1. The van der Waals surface area contributed by atoms with E-state index in [1.807, 2.05) is 0 Å². The number of aliphatic hydroxyl groups is 1. The Morgan fingerprint density at radius 3 is 2.69 bits per heavy atom. The maximum Gasteiger partial charge on any atom is 0.262 e. The second kappa shape index (κ2) is 12.2. The predicted octanol–water partition coefficient (Wildman–Crippen LogP) is -0.310. The quantitative estimate of drug-likeness (QED) is 0.218. The molecule has 246 valence electrons. The molecule has 48 heavy (non-hydrogen) atoms. The standard InChI is InChI=1S/C31H35B3ClFN8O4/c1-16-12-43(31(33,34)30(32)5-6-30)7-8-44(16)23-10-22(20(35)11-38-23)40-24(45)14-42-13-19(25-28(42)39-15-41(2)29(25)48)17-3-4-21(36)26(46)18(9-17)27(37)47/h9-11,13,15-17,46H,5-8,12,14,32-34H2,1-2H3,(H2,37,47)(H,38,40,45)/t16-,17?/m0/s1. The van der Waals surface area contributed by atoms with Gasteiger partial charge in [-0.3, -0.25) is 14.4 Å². The number of hydrogen-bond donors (Lipinski definition) is 3. The summed E-state index contributed by atoms with van der Waals surface area (Å²) in [5.74, 6) is 0.747. The summed E-state index contributed by atoms with van der Waals surface area (Å²) in [5.41, 5.74) is 5.26. The van der Waals surface area contributed by atoms with Crippen LogP contribution in [-0.4, -0.2) is 95.5 Å². The molecular formula is C31H35B3ClFN8O4. The van der Waals surface area contributed by atoms with E-state index in [1.54, 1.807) is 6.07 Å². The molecule has 1 unspecified atom stereocenters. The van der Waals surface area contributed by atoms with Crippen LogP contribution in [0.15, 0.2) is 52.8 Å². The zero-order chi connectivity index (χ0) is 34.7. The predicted molar refractivity (Wildman–Crippen MR) is 190 cm³/mol. The molecule has 2 atom stereocenters. The van der Waals surface area contributed by atoms with Gasteiger partial charge in [-0.05, 0) is 24.3 Å². The van der Waals surface area contributed by atoms with E-state index in [0.29, 0.717) is 16.8 Å². The molecule has 4 heterocycles. The lowest BCUT2D eigenvalue weighted by molar-refractivity contribution is -0.117. The highest BCUT2D eigenvalue weighted by Crippen LogP contribution is 2.58. The van der Waals surface area contributed by atoms with E-state index in [-0.39, 0.29) is 39.5 Å². The number of aromatic nitrogens is 4. The lowest BCUT2D eigenvalue weighted by atomic mass is 9.46. The summed E-state index contributed by atoms with van der Waals surface area (Å²) >= 11 is 6.49. The lowest BCUT2D eigenvalue weighted by Crippen LogP contribution is -2.63. The molecular weight excluding hydrogens is 635 g/mol. The molecule has 2 fully saturated rings. The van der Waals surface area contributed by atoms with E-state index in [9.17, 15) is 23.9 Å². The first-order valence-electron chi connectivity index (χ1n) is 15.7. The van der Waals surface area contributed by atoms with E-state index in [0.717, 1.165) is 19.6 Å². The second-order valence-corrected chi connectivity index (χ2v) is 14.0. The molecule has 4 N–H and O–H groups in total. The zero-order valence-electron chi connectivity index (χ0n) is 27.5. The van der Waals surface area contributed by atoms with Crippen molar-refractivity contribution in [1.82, 2.24) is 24.0 Å². The number of primary amides is 1. The summed E-state index contributed by atoms with van der Waals surface area (Å²) in [4.78, 5) is 52.5. The van der Waals surface area contributed by atoms with Crippen molar-refractivity contribution in [2.24, 2.45) is 12.8 Å². The summed E-state index contributed by atoms with van der Waals surface area (Å²) in [6.45, 7) is 4.45. The molecule has 3 aromatic rings. The van der Waals surface area contributed by atoms with Gasteiger partial charge in [0.25, 0.3) is 11.5 Å². The van der Waals surface area contributed by atoms with Crippen LogP contribution in [-0.2, 0) is 23.2 Å². The number of amides is 2. The number of rotatable bonds is 8. The Hall–Kier alpha value is -4.48. The number of nitrogens with two attached hydrogens (primary N) is 1. The molecule has 1 saturated carbocycles. The summed E-state index contributed by atoms with van der Waals surface area (Å²) in [7, 11) is 8.54. The fourth-order valence-corrected chi connectivity index (χ4v) is 6.78. The fourth-order valence-electron chi connectivity index (χ4n) is 6.63. The number of pyridine rings is 1. The number of aryl methyl sites for hydroxylation is 1. The van der Waals surface area contributed by atoms with Crippen LogP contribution in [0.2, 0.25) is 10.3 Å². The minimum Gasteiger partial charge on any atom is -0.504 e.